The minimum atomic E-state index is 0.604. The van der Waals surface area contributed by atoms with Crippen molar-refractivity contribution in [2.24, 2.45) is 7.05 Å². The van der Waals surface area contributed by atoms with E-state index in [0.29, 0.717) is 13.2 Å². The third-order valence-corrected chi connectivity index (χ3v) is 2.59. The van der Waals surface area contributed by atoms with Gasteiger partial charge in [-0.1, -0.05) is 23.4 Å². The molecule has 0 bridgehead atoms. The molecule has 0 atom stereocenters. The highest BCUT2D eigenvalue weighted by Crippen LogP contribution is 2.16. The van der Waals surface area contributed by atoms with Crippen molar-refractivity contribution in [2.75, 3.05) is 12.4 Å². The molecule has 0 saturated heterocycles. The lowest BCUT2D eigenvalue weighted by Gasteiger charge is -2.11. The van der Waals surface area contributed by atoms with Crippen LogP contribution in [0, 0.1) is 0 Å². The van der Waals surface area contributed by atoms with E-state index < -0.39 is 0 Å². The molecule has 90 valence electrons. The minimum Gasteiger partial charge on any atom is -0.380 e. The van der Waals surface area contributed by atoms with Crippen LogP contribution in [0.5, 0.6) is 0 Å². The summed E-state index contributed by atoms with van der Waals surface area (Å²) in [5.74, 6) is 0. The largest absolute Gasteiger partial charge is 0.380 e. The van der Waals surface area contributed by atoms with Crippen LogP contribution in [0.3, 0.4) is 0 Å². The van der Waals surface area contributed by atoms with Crippen molar-refractivity contribution in [1.29, 1.82) is 0 Å². The molecule has 0 radical (unpaired) electrons. The second-order valence-electron chi connectivity index (χ2n) is 3.79. The van der Waals surface area contributed by atoms with Crippen molar-refractivity contribution >= 4 is 5.69 Å². The fourth-order valence-electron chi connectivity index (χ4n) is 1.63. The van der Waals surface area contributed by atoms with E-state index in [4.69, 9.17) is 4.74 Å². The van der Waals surface area contributed by atoms with Crippen molar-refractivity contribution in [1.82, 2.24) is 15.0 Å². The standard InChI is InChI=1S/C12H16N4O/c1-16-11(8-14-15-16)7-13-12-6-4-3-5-10(12)9-17-2/h3-6,8,13H,7,9H2,1-2H3. The number of ether oxygens (including phenoxy) is 1. The van der Waals surface area contributed by atoms with Gasteiger partial charge >= 0.3 is 0 Å². The molecule has 0 unspecified atom stereocenters. The summed E-state index contributed by atoms with van der Waals surface area (Å²) in [6.45, 7) is 1.30. The second-order valence-corrected chi connectivity index (χ2v) is 3.79. The summed E-state index contributed by atoms with van der Waals surface area (Å²) >= 11 is 0. The van der Waals surface area contributed by atoms with Gasteiger partial charge in [-0.2, -0.15) is 0 Å². The SMILES string of the molecule is COCc1ccccc1NCc1cnnn1C. The first-order valence-electron chi connectivity index (χ1n) is 5.45. The zero-order chi connectivity index (χ0) is 12.1. The summed E-state index contributed by atoms with van der Waals surface area (Å²) in [6.07, 6.45) is 1.76. The quantitative estimate of drug-likeness (QED) is 0.850. The van der Waals surface area contributed by atoms with Crippen molar-refractivity contribution < 1.29 is 4.74 Å². The molecule has 0 aliphatic heterocycles. The molecule has 0 spiro atoms. The molecule has 0 fully saturated rings. The van der Waals surface area contributed by atoms with Crippen LogP contribution in [0.1, 0.15) is 11.3 Å². The summed E-state index contributed by atoms with van der Waals surface area (Å²) in [7, 11) is 3.58. The predicted octanol–water partition coefficient (Wildman–Crippen LogP) is 1.57. The van der Waals surface area contributed by atoms with Crippen LogP contribution in [-0.2, 0) is 24.9 Å². The van der Waals surface area contributed by atoms with Gasteiger partial charge in [0.2, 0.25) is 0 Å². The van der Waals surface area contributed by atoms with Crippen molar-refractivity contribution in [3.05, 3.63) is 41.7 Å². The maximum Gasteiger partial charge on any atom is 0.0774 e. The Balaban J connectivity index is 2.06. The zero-order valence-electron chi connectivity index (χ0n) is 10.1. The molecule has 1 heterocycles. The molecule has 0 aliphatic carbocycles. The van der Waals surface area contributed by atoms with E-state index in [-0.39, 0.29) is 0 Å². The first-order valence-corrected chi connectivity index (χ1v) is 5.45. The molecule has 1 aromatic carbocycles. The molecule has 2 aromatic rings. The highest BCUT2D eigenvalue weighted by Gasteiger charge is 2.03. The molecule has 0 aliphatic rings. The van der Waals surface area contributed by atoms with E-state index in [1.165, 1.54) is 0 Å². The number of aromatic nitrogens is 3. The maximum atomic E-state index is 5.16. The van der Waals surface area contributed by atoms with E-state index in [9.17, 15) is 0 Å². The molecule has 1 N–H and O–H groups in total. The van der Waals surface area contributed by atoms with Gasteiger partial charge in [0.05, 0.1) is 25.0 Å². The van der Waals surface area contributed by atoms with Crippen LogP contribution in [0.2, 0.25) is 0 Å². The Morgan fingerprint density at radius 3 is 2.88 bits per heavy atom. The van der Waals surface area contributed by atoms with Gasteiger partial charge in [-0.3, -0.25) is 4.68 Å². The summed E-state index contributed by atoms with van der Waals surface area (Å²) < 4.78 is 6.92. The van der Waals surface area contributed by atoms with Gasteiger partial charge in [0, 0.05) is 25.4 Å². The van der Waals surface area contributed by atoms with Crippen LogP contribution in [-0.4, -0.2) is 22.1 Å². The molecule has 5 heteroatoms. The molecule has 1 aromatic heterocycles. The van der Waals surface area contributed by atoms with Gasteiger partial charge < -0.3 is 10.1 Å². The Bertz CT molecular complexity index is 481. The summed E-state index contributed by atoms with van der Waals surface area (Å²) in [5, 5.41) is 11.1. The number of nitrogens with zero attached hydrogens (tertiary/aromatic N) is 3. The monoisotopic (exact) mass is 232 g/mol. The lowest BCUT2D eigenvalue weighted by atomic mass is 10.2. The van der Waals surface area contributed by atoms with Gasteiger partial charge in [-0.25, -0.2) is 0 Å². The smallest absolute Gasteiger partial charge is 0.0774 e. The fourth-order valence-corrected chi connectivity index (χ4v) is 1.63. The number of anilines is 1. The van der Waals surface area contributed by atoms with E-state index in [1.54, 1.807) is 18.0 Å². The van der Waals surface area contributed by atoms with Crippen molar-refractivity contribution in [3.63, 3.8) is 0 Å². The van der Waals surface area contributed by atoms with Crippen LogP contribution >= 0.6 is 0 Å². The minimum absolute atomic E-state index is 0.604. The zero-order valence-corrected chi connectivity index (χ0v) is 10.1. The number of methoxy groups -OCH3 is 1. The van der Waals surface area contributed by atoms with Gasteiger partial charge in [-0.15, -0.1) is 5.10 Å². The Hall–Kier alpha value is -1.88. The third-order valence-electron chi connectivity index (χ3n) is 2.59. The van der Waals surface area contributed by atoms with Crippen molar-refractivity contribution in [2.45, 2.75) is 13.2 Å². The van der Waals surface area contributed by atoms with E-state index in [0.717, 1.165) is 16.9 Å². The summed E-state index contributed by atoms with van der Waals surface area (Å²) in [4.78, 5) is 0. The highest BCUT2D eigenvalue weighted by atomic mass is 16.5. The number of para-hydroxylation sites is 1. The van der Waals surface area contributed by atoms with E-state index in [1.807, 2.05) is 31.3 Å². The lowest BCUT2D eigenvalue weighted by Crippen LogP contribution is -2.07. The average Bonchev–Trinajstić information content (AvgIpc) is 2.74. The summed E-state index contributed by atoms with van der Waals surface area (Å²) in [5.41, 5.74) is 3.26. The Kier molecular flexibility index (Phi) is 3.72. The number of nitrogens with one attached hydrogen (secondary N) is 1. The molecule has 5 nitrogen and oxygen atoms in total. The van der Waals surface area contributed by atoms with Crippen LogP contribution < -0.4 is 5.32 Å². The maximum absolute atomic E-state index is 5.16. The molecule has 17 heavy (non-hydrogen) atoms. The fraction of sp³-hybridized carbons (Fsp3) is 0.333. The number of benzene rings is 1. The first-order chi connectivity index (χ1) is 8.31. The van der Waals surface area contributed by atoms with Gasteiger partial charge in [-0.05, 0) is 6.07 Å². The molecule has 2 rings (SSSR count). The number of hydrogen-bond acceptors (Lipinski definition) is 4. The number of hydrogen-bond donors (Lipinski definition) is 1. The van der Waals surface area contributed by atoms with E-state index in [2.05, 4.69) is 15.6 Å². The van der Waals surface area contributed by atoms with Gasteiger partial charge in [0.25, 0.3) is 0 Å². The third kappa shape index (κ3) is 2.82. The Morgan fingerprint density at radius 1 is 1.35 bits per heavy atom. The second kappa shape index (κ2) is 5.45. The number of rotatable bonds is 5. The molecular weight excluding hydrogens is 216 g/mol. The van der Waals surface area contributed by atoms with Gasteiger partial charge in [0.1, 0.15) is 0 Å². The van der Waals surface area contributed by atoms with Crippen LogP contribution in [0.15, 0.2) is 30.5 Å². The number of aryl methyl sites for hydroxylation is 1. The Labute approximate surface area is 100 Å². The average molecular weight is 232 g/mol. The van der Waals surface area contributed by atoms with Crippen LogP contribution in [0.25, 0.3) is 0 Å². The first kappa shape index (κ1) is 11.6. The topological polar surface area (TPSA) is 52.0 Å². The highest BCUT2D eigenvalue weighted by molar-refractivity contribution is 5.50. The molecule has 0 amide bonds. The van der Waals surface area contributed by atoms with E-state index >= 15 is 0 Å². The Morgan fingerprint density at radius 2 is 2.18 bits per heavy atom. The normalized spacial score (nSPS) is 10.5. The van der Waals surface area contributed by atoms with Crippen molar-refractivity contribution in [3.8, 4) is 0 Å². The summed E-state index contributed by atoms with van der Waals surface area (Å²) in [6, 6.07) is 8.10. The van der Waals surface area contributed by atoms with Crippen LogP contribution in [0.4, 0.5) is 5.69 Å². The molecular formula is C12H16N4O. The van der Waals surface area contributed by atoms with Gasteiger partial charge in [0.15, 0.2) is 0 Å². The lowest BCUT2D eigenvalue weighted by molar-refractivity contribution is 0.185. The predicted molar refractivity (Wildman–Crippen MR) is 65.5 cm³/mol. The molecule has 0 saturated carbocycles.